The van der Waals surface area contributed by atoms with Gasteiger partial charge >= 0.3 is 0 Å². The molecule has 2 aliphatic heterocycles. The van der Waals surface area contributed by atoms with Crippen LogP contribution in [0.3, 0.4) is 0 Å². The Labute approximate surface area is 55.1 Å². The predicted molar refractivity (Wildman–Crippen MR) is 33.0 cm³/mol. The van der Waals surface area contributed by atoms with E-state index in [-0.39, 0.29) is 6.29 Å². The van der Waals surface area contributed by atoms with E-state index in [1.54, 1.807) is 0 Å². The summed E-state index contributed by atoms with van der Waals surface area (Å²) < 4.78 is 10.7. The molecule has 0 aromatic heterocycles. The Morgan fingerprint density at radius 1 is 1.33 bits per heavy atom. The molecule has 2 heteroatoms. The monoisotopic (exact) mass is 128 g/mol. The summed E-state index contributed by atoms with van der Waals surface area (Å²) in [6.07, 6.45) is 1.35. The lowest BCUT2D eigenvalue weighted by Crippen LogP contribution is -2.12. The molecule has 2 fully saturated rings. The summed E-state index contributed by atoms with van der Waals surface area (Å²) in [5.41, 5.74) is 0. The minimum absolute atomic E-state index is 0.153. The van der Waals surface area contributed by atoms with Crippen LogP contribution in [0.2, 0.25) is 0 Å². The highest BCUT2D eigenvalue weighted by Gasteiger charge is 2.38. The molecule has 0 radical (unpaired) electrons. The molecule has 0 aromatic rings. The lowest BCUT2D eigenvalue weighted by atomic mass is 9.96. The van der Waals surface area contributed by atoms with Crippen molar-refractivity contribution in [2.75, 3.05) is 13.2 Å². The zero-order valence-electron chi connectivity index (χ0n) is 5.67. The molecule has 3 atom stereocenters. The third-order valence-electron chi connectivity index (χ3n) is 2.34. The fourth-order valence-corrected chi connectivity index (χ4v) is 1.67. The summed E-state index contributed by atoms with van der Waals surface area (Å²) in [6, 6.07) is 0. The van der Waals surface area contributed by atoms with Crippen LogP contribution >= 0.6 is 0 Å². The second-order valence-corrected chi connectivity index (χ2v) is 3.00. The SMILES string of the molecule is C[C@@H]1CO[C@@H]2OCC[C@@H]21. The minimum Gasteiger partial charge on any atom is -0.352 e. The van der Waals surface area contributed by atoms with E-state index in [0.717, 1.165) is 19.1 Å². The van der Waals surface area contributed by atoms with E-state index in [1.165, 1.54) is 6.42 Å². The number of hydrogen-bond acceptors (Lipinski definition) is 2. The van der Waals surface area contributed by atoms with Crippen molar-refractivity contribution in [3.8, 4) is 0 Å². The molecule has 0 aliphatic carbocycles. The first-order chi connectivity index (χ1) is 4.38. The molecule has 2 aliphatic rings. The van der Waals surface area contributed by atoms with Gasteiger partial charge in [-0.05, 0) is 12.3 Å². The molecule has 0 spiro atoms. The fraction of sp³-hybridized carbons (Fsp3) is 1.00. The first kappa shape index (κ1) is 5.69. The van der Waals surface area contributed by atoms with E-state index in [4.69, 9.17) is 9.47 Å². The number of ether oxygens (including phenoxy) is 2. The van der Waals surface area contributed by atoms with Gasteiger partial charge in [0.05, 0.1) is 13.2 Å². The molecule has 52 valence electrons. The highest BCUT2D eigenvalue weighted by molar-refractivity contribution is 4.79. The molecular weight excluding hydrogens is 116 g/mol. The minimum atomic E-state index is 0.153. The van der Waals surface area contributed by atoms with Crippen molar-refractivity contribution in [3.63, 3.8) is 0 Å². The van der Waals surface area contributed by atoms with E-state index >= 15 is 0 Å². The van der Waals surface area contributed by atoms with Crippen LogP contribution in [0, 0.1) is 11.8 Å². The maximum Gasteiger partial charge on any atom is 0.160 e. The first-order valence-electron chi connectivity index (χ1n) is 3.61. The van der Waals surface area contributed by atoms with Gasteiger partial charge in [0.25, 0.3) is 0 Å². The highest BCUT2D eigenvalue weighted by atomic mass is 16.7. The molecule has 0 amide bonds. The van der Waals surface area contributed by atoms with Crippen LogP contribution in [0.5, 0.6) is 0 Å². The second-order valence-electron chi connectivity index (χ2n) is 3.00. The van der Waals surface area contributed by atoms with Gasteiger partial charge in [-0.25, -0.2) is 0 Å². The van der Waals surface area contributed by atoms with E-state index < -0.39 is 0 Å². The van der Waals surface area contributed by atoms with Gasteiger partial charge in [0.15, 0.2) is 6.29 Å². The molecule has 2 rings (SSSR count). The van der Waals surface area contributed by atoms with Gasteiger partial charge in [-0.1, -0.05) is 6.92 Å². The second kappa shape index (κ2) is 1.96. The quantitative estimate of drug-likeness (QED) is 0.485. The summed E-state index contributed by atoms with van der Waals surface area (Å²) in [5, 5.41) is 0. The number of rotatable bonds is 0. The van der Waals surface area contributed by atoms with E-state index in [2.05, 4.69) is 6.92 Å². The Balaban J connectivity index is 2.07. The van der Waals surface area contributed by atoms with Crippen LogP contribution in [0.15, 0.2) is 0 Å². The Kier molecular flexibility index (Phi) is 1.24. The molecule has 0 aromatic carbocycles. The summed E-state index contributed by atoms with van der Waals surface area (Å²) >= 11 is 0. The third-order valence-corrected chi connectivity index (χ3v) is 2.34. The summed E-state index contributed by atoms with van der Waals surface area (Å²) in [4.78, 5) is 0. The van der Waals surface area contributed by atoms with Gasteiger partial charge in [-0.2, -0.15) is 0 Å². The van der Waals surface area contributed by atoms with Gasteiger partial charge < -0.3 is 9.47 Å². The topological polar surface area (TPSA) is 18.5 Å². The average molecular weight is 128 g/mol. The van der Waals surface area contributed by atoms with Gasteiger partial charge in [-0.3, -0.25) is 0 Å². The molecule has 2 nitrogen and oxygen atoms in total. The molecule has 0 saturated carbocycles. The van der Waals surface area contributed by atoms with Gasteiger partial charge in [-0.15, -0.1) is 0 Å². The van der Waals surface area contributed by atoms with Crippen molar-refractivity contribution < 1.29 is 9.47 Å². The van der Waals surface area contributed by atoms with Crippen LogP contribution in [0.1, 0.15) is 13.3 Å². The lowest BCUT2D eigenvalue weighted by Gasteiger charge is -2.07. The van der Waals surface area contributed by atoms with Crippen molar-refractivity contribution >= 4 is 0 Å². The van der Waals surface area contributed by atoms with Crippen molar-refractivity contribution in [2.24, 2.45) is 11.8 Å². The van der Waals surface area contributed by atoms with Crippen LogP contribution < -0.4 is 0 Å². The maximum atomic E-state index is 5.37. The standard InChI is InChI=1S/C7H12O2/c1-5-4-9-7-6(5)2-3-8-7/h5-7H,2-4H2,1H3/t5-,6-,7+/m1/s1. The van der Waals surface area contributed by atoms with E-state index in [0.29, 0.717) is 5.92 Å². The third kappa shape index (κ3) is 0.775. The van der Waals surface area contributed by atoms with Crippen LogP contribution in [-0.4, -0.2) is 19.5 Å². The molecule has 0 unspecified atom stereocenters. The molecule has 0 N–H and O–H groups in total. The Hall–Kier alpha value is -0.0800. The molecule has 2 heterocycles. The first-order valence-corrected chi connectivity index (χ1v) is 3.61. The maximum absolute atomic E-state index is 5.37. The Morgan fingerprint density at radius 2 is 2.22 bits per heavy atom. The van der Waals surface area contributed by atoms with Crippen molar-refractivity contribution in [2.45, 2.75) is 19.6 Å². The van der Waals surface area contributed by atoms with Crippen LogP contribution in [0.25, 0.3) is 0 Å². The molecule has 0 bridgehead atoms. The number of hydrogen-bond donors (Lipinski definition) is 0. The smallest absolute Gasteiger partial charge is 0.160 e. The van der Waals surface area contributed by atoms with Gasteiger partial charge in [0.2, 0.25) is 0 Å². The zero-order valence-corrected chi connectivity index (χ0v) is 5.67. The highest BCUT2D eigenvalue weighted by Crippen LogP contribution is 2.34. The van der Waals surface area contributed by atoms with Crippen molar-refractivity contribution in [3.05, 3.63) is 0 Å². The predicted octanol–water partition coefficient (Wildman–Crippen LogP) is 1.02. The Morgan fingerprint density at radius 3 is 3.00 bits per heavy atom. The average Bonchev–Trinajstić information content (AvgIpc) is 2.35. The number of fused-ring (bicyclic) bond motifs is 1. The van der Waals surface area contributed by atoms with Crippen LogP contribution in [0.4, 0.5) is 0 Å². The van der Waals surface area contributed by atoms with Gasteiger partial charge in [0, 0.05) is 5.92 Å². The van der Waals surface area contributed by atoms with E-state index in [1.807, 2.05) is 0 Å². The van der Waals surface area contributed by atoms with Crippen molar-refractivity contribution in [1.29, 1.82) is 0 Å². The van der Waals surface area contributed by atoms with E-state index in [9.17, 15) is 0 Å². The molecule has 2 saturated heterocycles. The summed E-state index contributed by atoms with van der Waals surface area (Å²) in [5.74, 6) is 1.42. The Bertz CT molecular complexity index is 113. The largest absolute Gasteiger partial charge is 0.352 e. The summed E-state index contributed by atoms with van der Waals surface area (Å²) in [7, 11) is 0. The zero-order chi connectivity index (χ0) is 6.27. The normalized spacial score (nSPS) is 49.7. The molecular formula is C7H12O2. The fourth-order valence-electron chi connectivity index (χ4n) is 1.67. The molecule has 9 heavy (non-hydrogen) atoms. The summed E-state index contributed by atoms with van der Waals surface area (Å²) in [6.45, 7) is 4.04. The van der Waals surface area contributed by atoms with Crippen LogP contribution in [-0.2, 0) is 9.47 Å². The lowest BCUT2D eigenvalue weighted by molar-refractivity contribution is -0.0905. The van der Waals surface area contributed by atoms with Crippen molar-refractivity contribution in [1.82, 2.24) is 0 Å². The van der Waals surface area contributed by atoms with Gasteiger partial charge in [0.1, 0.15) is 0 Å².